The van der Waals surface area contributed by atoms with Crippen LogP contribution in [0.15, 0.2) is 30.3 Å². The first-order valence-corrected chi connectivity index (χ1v) is 6.85. The molecule has 3 rings (SSSR count). The Morgan fingerprint density at radius 3 is 2.47 bits per heavy atom. The standard InChI is InChI=1S/C15H18N2O2/c18-13-10-15(8-4-5-9-15)14(19)16-17(13)11-12-6-2-1-3-7-12/h1-3,6-7H,4-5,8-11H2,(H,16,19). The SMILES string of the molecule is O=C1CC2(CCCC2)C(=O)NN1Cc1ccccc1. The quantitative estimate of drug-likeness (QED) is 0.882. The van der Waals surface area contributed by atoms with Crippen molar-refractivity contribution in [2.45, 2.75) is 38.6 Å². The molecule has 1 saturated heterocycles. The molecule has 1 spiro atoms. The highest BCUT2D eigenvalue weighted by Gasteiger charge is 2.47. The normalized spacial score (nSPS) is 21.8. The van der Waals surface area contributed by atoms with E-state index in [1.807, 2.05) is 30.3 Å². The molecule has 4 nitrogen and oxygen atoms in total. The zero-order valence-electron chi connectivity index (χ0n) is 10.9. The van der Waals surface area contributed by atoms with Crippen molar-refractivity contribution in [2.75, 3.05) is 0 Å². The smallest absolute Gasteiger partial charge is 0.245 e. The molecule has 1 aliphatic carbocycles. The number of hydrazine groups is 1. The third kappa shape index (κ3) is 2.23. The maximum absolute atomic E-state index is 12.3. The molecule has 0 aromatic heterocycles. The molecule has 0 radical (unpaired) electrons. The third-order valence-electron chi connectivity index (χ3n) is 4.25. The Morgan fingerprint density at radius 2 is 1.79 bits per heavy atom. The van der Waals surface area contributed by atoms with Gasteiger partial charge in [0.25, 0.3) is 0 Å². The first-order valence-electron chi connectivity index (χ1n) is 6.85. The van der Waals surface area contributed by atoms with E-state index in [0.29, 0.717) is 13.0 Å². The molecule has 1 N–H and O–H groups in total. The van der Waals surface area contributed by atoms with Crippen molar-refractivity contribution in [3.63, 3.8) is 0 Å². The Morgan fingerprint density at radius 1 is 1.11 bits per heavy atom. The summed E-state index contributed by atoms with van der Waals surface area (Å²) in [5.74, 6) is 0.0610. The van der Waals surface area contributed by atoms with Crippen LogP contribution in [0.2, 0.25) is 0 Å². The Kier molecular flexibility index (Phi) is 3.01. The predicted molar refractivity (Wildman–Crippen MR) is 70.7 cm³/mol. The van der Waals surface area contributed by atoms with Crippen LogP contribution in [0.25, 0.3) is 0 Å². The van der Waals surface area contributed by atoms with Crippen molar-refractivity contribution in [1.29, 1.82) is 0 Å². The van der Waals surface area contributed by atoms with Gasteiger partial charge in [-0.3, -0.25) is 15.0 Å². The van der Waals surface area contributed by atoms with Gasteiger partial charge >= 0.3 is 0 Å². The van der Waals surface area contributed by atoms with Gasteiger partial charge in [0.1, 0.15) is 0 Å². The van der Waals surface area contributed by atoms with Crippen molar-refractivity contribution in [3.8, 4) is 0 Å². The van der Waals surface area contributed by atoms with Crippen LogP contribution < -0.4 is 5.43 Å². The first kappa shape index (κ1) is 12.2. The molecule has 0 atom stereocenters. The Balaban J connectivity index is 1.73. The molecule has 1 aromatic carbocycles. The molecule has 2 fully saturated rings. The summed E-state index contributed by atoms with van der Waals surface area (Å²) in [7, 11) is 0. The van der Waals surface area contributed by atoms with Gasteiger partial charge < -0.3 is 0 Å². The first-order chi connectivity index (χ1) is 9.20. The van der Waals surface area contributed by atoms with Crippen molar-refractivity contribution in [3.05, 3.63) is 35.9 Å². The fraction of sp³-hybridized carbons (Fsp3) is 0.467. The van der Waals surface area contributed by atoms with Crippen LogP contribution >= 0.6 is 0 Å². The molecule has 1 saturated carbocycles. The number of nitrogens with one attached hydrogen (secondary N) is 1. The molecule has 2 amide bonds. The van der Waals surface area contributed by atoms with Crippen molar-refractivity contribution in [1.82, 2.24) is 10.4 Å². The monoisotopic (exact) mass is 258 g/mol. The summed E-state index contributed by atoms with van der Waals surface area (Å²) in [6.07, 6.45) is 4.18. The van der Waals surface area contributed by atoms with E-state index in [1.165, 1.54) is 5.01 Å². The average Bonchev–Trinajstić information content (AvgIpc) is 2.87. The molecule has 2 aliphatic rings. The number of carbonyl (C=O) groups excluding carboxylic acids is 2. The van der Waals surface area contributed by atoms with E-state index < -0.39 is 5.41 Å². The topological polar surface area (TPSA) is 49.4 Å². The van der Waals surface area contributed by atoms with Gasteiger partial charge in [0, 0.05) is 6.42 Å². The number of amides is 2. The molecule has 100 valence electrons. The molecule has 0 unspecified atom stereocenters. The van der Waals surface area contributed by atoms with Gasteiger partial charge in [0.15, 0.2) is 0 Å². The van der Waals surface area contributed by atoms with E-state index >= 15 is 0 Å². The Labute approximate surface area is 112 Å². The second kappa shape index (κ2) is 4.68. The fourth-order valence-corrected chi connectivity index (χ4v) is 3.12. The predicted octanol–water partition coefficient (Wildman–Crippen LogP) is 2.01. The largest absolute Gasteiger partial charge is 0.273 e. The third-order valence-corrected chi connectivity index (χ3v) is 4.25. The van der Waals surface area contributed by atoms with Crippen LogP contribution in [-0.2, 0) is 16.1 Å². The van der Waals surface area contributed by atoms with E-state index in [4.69, 9.17) is 0 Å². The van der Waals surface area contributed by atoms with Crippen LogP contribution in [0.4, 0.5) is 0 Å². The van der Waals surface area contributed by atoms with E-state index in [9.17, 15) is 9.59 Å². The number of benzene rings is 1. The maximum Gasteiger partial charge on any atom is 0.245 e. The summed E-state index contributed by atoms with van der Waals surface area (Å²) in [6, 6.07) is 9.72. The Bertz CT molecular complexity index is 492. The summed E-state index contributed by atoms with van der Waals surface area (Å²) in [6.45, 7) is 0.446. The number of rotatable bonds is 2. The van der Waals surface area contributed by atoms with E-state index in [0.717, 1.165) is 31.2 Å². The molecule has 1 aliphatic heterocycles. The van der Waals surface area contributed by atoms with Gasteiger partial charge in [0.2, 0.25) is 11.8 Å². The second-order valence-corrected chi connectivity index (χ2v) is 5.57. The van der Waals surface area contributed by atoms with Gasteiger partial charge in [0.05, 0.1) is 12.0 Å². The van der Waals surface area contributed by atoms with Gasteiger partial charge in [-0.2, -0.15) is 0 Å². The minimum absolute atomic E-state index is 0.0283. The van der Waals surface area contributed by atoms with Gasteiger partial charge in [-0.05, 0) is 18.4 Å². The summed E-state index contributed by atoms with van der Waals surface area (Å²) in [5, 5.41) is 1.46. The lowest BCUT2D eigenvalue weighted by molar-refractivity contribution is -0.158. The van der Waals surface area contributed by atoms with Crippen LogP contribution in [0, 0.1) is 5.41 Å². The number of hydrogen-bond donors (Lipinski definition) is 1. The van der Waals surface area contributed by atoms with Crippen LogP contribution in [-0.4, -0.2) is 16.8 Å². The highest BCUT2D eigenvalue weighted by molar-refractivity contribution is 5.94. The van der Waals surface area contributed by atoms with Gasteiger partial charge in [-0.25, -0.2) is 5.01 Å². The van der Waals surface area contributed by atoms with Crippen molar-refractivity contribution >= 4 is 11.8 Å². The second-order valence-electron chi connectivity index (χ2n) is 5.57. The molecular formula is C15H18N2O2. The summed E-state index contributed by atoms with van der Waals surface area (Å²) in [4.78, 5) is 24.5. The lowest BCUT2D eigenvalue weighted by Gasteiger charge is -2.38. The van der Waals surface area contributed by atoms with Gasteiger partial charge in [-0.15, -0.1) is 0 Å². The zero-order valence-corrected chi connectivity index (χ0v) is 10.9. The molecule has 1 aromatic rings. The molecule has 0 bridgehead atoms. The van der Waals surface area contributed by atoms with Crippen molar-refractivity contribution in [2.24, 2.45) is 5.41 Å². The lowest BCUT2D eigenvalue weighted by Crippen LogP contribution is -2.57. The average molecular weight is 258 g/mol. The lowest BCUT2D eigenvalue weighted by atomic mass is 9.80. The molecule has 4 heteroatoms. The number of nitrogens with zero attached hydrogens (tertiary/aromatic N) is 1. The number of hydrogen-bond acceptors (Lipinski definition) is 2. The fourth-order valence-electron chi connectivity index (χ4n) is 3.12. The molecule has 1 heterocycles. The molecule has 19 heavy (non-hydrogen) atoms. The zero-order chi connectivity index (χ0) is 13.3. The highest BCUT2D eigenvalue weighted by atomic mass is 16.2. The highest BCUT2D eigenvalue weighted by Crippen LogP contribution is 2.43. The van der Waals surface area contributed by atoms with Crippen LogP contribution in [0.5, 0.6) is 0 Å². The Hall–Kier alpha value is -1.84. The summed E-state index contributed by atoms with van der Waals surface area (Å²) in [5.41, 5.74) is 3.41. The molecular weight excluding hydrogens is 240 g/mol. The van der Waals surface area contributed by atoms with E-state index in [2.05, 4.69) is 5.43 Å². The van der Waals surface area contributed by atoms with Crippen molar-refractivity contribution < 1.29 is 9.59 Å². The van der Waals surface area contributed by atoms with Gasteiger partial charge in [-0.1, -0.05) is 43.2 Å². The minimum atomic E-state index is -0.412. The van der Waals surface area contributed by atoms with Crippen LogP contribution in [0.1, 0.15) is 37.7 Å². The maximum atomic E-state index is 12.3. The van der Waals surface area contributed by atoms with Crippen LogP contribution in [0.3, 0.4) is 0 Å². The van der Waals surface area contributed by atoms with E-state index in [1.54, 1.807) is 0 Å². The minimum Gasteiger partial charge on any atom is -0.273 e. The summed E-state index contributed by atoms with van der Waals surface area (Å²) < 4.78 is 0. The van der Waals surface area contributed by atoms with E-state index in [-0.39, 0.29) is 11.8 Å². The summed E-state index contributed by atoms with van der Waals surface area (Å²) >= 11 is 0. The number of carbonyl (C=O) groups is 2.